The molecule has 78 valence electrons. The topological polar surface area (TPSA) is 38.5 Å². The van der Waals surface area contributed by atoms with E-state index in [1.54, 1.807) is 0 Å². The molecule has 0 aliphatic carbocycles. The molecule has 0 aromatic heterocycles. The van der Waals surface area contributed by atoms with E-state index in [1.165, 1.54) is 25.9 Å². The molecule has 3 nitrogen and oxygen atoms in total. The van der Waals surface area contributed by atoms with Crippen LogP contribution in [0.15, 0.2) is 0 Å². The first-order valence-electron chi connectivity index (χ1n) is 5.33. The molecule has 1 saturated heterocycles. The van der Waals surface area contributed by atoms with Gasteiger partial charge in [0.05, 0.1) is 13.2 Å². The van der Waals surface area contributed by atoms with Crippen molar-refractivity contribution in [1.82, 2.24) is 4.90 Å². The van der Waals surface area contributed by atoms with Crippen LogP contribution < -0.4 is 5.73 Å². The van der Waals surface area contributed by atoms with E-state index in [0.717, 1.165) is 19.1 Å². The van der Waals surface area contributed by atoms with Gasteiger partial charge in [0, 0.05) is 19.6 Å². The normalized spacial score (nSPS) is 24.9. The number of nitrogens with two attached hydrogens (primary N) is 1. The van der Waals surface area contributed by atoms with E-state index in [1.807, 2.05) is 0 Å². The molecule has 13 heavy (non-hydrogen) atoms. The van der Waals surface area contributed by atoms with Crippen molar-refractivity contribution < 1.29 is 4.74 Å². The van der Waals surface area contributed by atoms with E-state index in [9.17, 15) is 0 Å². The molecule has 1 atom stereocenters. The van der Waals surface area contributed by atoms with Crippen LogP contribution in [0.5, 0.6) is 0 Å². The van der Waals surface area contributed by atoms with Crippen molar-refractivity contribution in [2.24, 2.45) is 11.7 Å². The zero-order chi connectivity index (χ0) is 9.52. The van der Waals surface area contributed by atoms with Gasteiger partial charge in [-0.05, 0) is 25.3 Å². The minimum Gasteiger partial charge on any atom is -0.379 e. The fraction of sp³-hybridized carbons (Fsp3) is 1.00. The Balaban J connectivity index is 2.00. The maximum atomic E-state index is 5.35. The highest BCUT2D eigenvalue weighted by atomic mass is 16.5. The minimum absolute atomic E-state index is 0.635. The third-order valence-electron chi connectivity index (χ3n) is 2.56. The molecule has 0 radical (unpaired) electrons. The molecule has 1 aliphatic rings. The van der Waals surface area contributed by atoms with Gasteiger partial charge in [-0.15, -0.1) is 0 Å². The molecule has 0 amide bonds. The molecule has 1 rings (SSSR count). The highest BCUT2D eigenvalue weighted by Crippen LogP contribution is 2.14. The van der Waals surface area contributed by atoms with Crippen LogP contribution in [0.3, 0.4) is 0 Å². The lowest BCUT2D eigenvalue weighted by atomic mass is 10.0. The zero-order valence-electron chi connectivity index (χ0n) is 8.67. The summed E-state index contributed by atoms with van der Waals surface area (Å²) >= 11 is 0. The van der Waals surface area contributed by atoms with E-state index < -0.39 is 0 Å². The molecule has 1 aliphatic heterocycles. The summed E-state index contributed by atoms with van der Waals surface area (Å²) in [5.74, 6) is 0.864. The van der Waals surface area contributed by atoms with Crippen LogP contribution in [0.25, 0.3) is 0 Å². The van der Waals surface area contributed by atoms with Gasteiger partial charge in [-0.3, -0.25) is 0 Å². The Hall–Kier alpha value is -0.120. The summed E-state index contributed by atoms with van der Waals surface area (Å²) in [6.45, 7) is 8.06. The molecule has 2 N–H and O–H groups in total. The van der Waals surface area contributed by atoms with Gasteiger partial charge < -0.3 is 15.4 Å². The predicted molar refractivity (Wildman–Crippen MR) is 54.7 cm³/mol. The van der Waals surface area contributed by atoms with Gasteiger partial charge in [-0.2, -0.15) is 0 Å². The molecule has 1 unspecified atom stereocenters. The molecule has 0 saturated carbocycles. The lowest BCUT2D eigenvalue weighted by Gasteiger charge is -2.30. The first kappa shape index (κ1) is 11.0. The van der Waals surface area contributed by atoms with Crippen molar-refractivity contribution in [3.8, 4) is 0 Å². The second kappa shape index (κ2) is 6.35. The monoisotopic (exact) mass is 186 g/mol. The van der Waals surface area contributed by atoms with Gasteiger partial charge in [0.25, 0.3) is 0 Å². The summed E-state index contributed by atoms with van der Waals surface area (Å²) < 4.78 is 5.35. The molecule has 1 heterocycles. The van der Waals surface area contributed by atoms with Crippen LogP contribution in [0.4, 0.5) is 0 Å². The SMILES string of the molecule is CC1CCCN(CCOCCN)C1. The Morgan fingerprint density at radius 3 is 3.00 bits per heavy atom. The Morgan fingerprint density at radius 1 is 1.46 bits per heavy atom. The Morgan fingerprint density at radius 2 is 2.31 bits per heavy atom. The van der Waals surface area contributed by atoms with Gasteiger partial charge in [0.15, 0.2) is 0 Å². The molecule has 0 bridgehead atoms. The van der Waals surface area contributed by atoms with E-state index in [0.29, 0.717) is 13.2 Å². The molecular weight excluding hydrogens is 164 g/mol. The number of piperidine rings is 1. The van der Waals surface area contributed by atoms with Crippen molar-refractivity contribution in [3.05, 3.63) is 0 Å². The van der Waals surface area contributed by atoms with Gasteiger partial charge in [0.2, 0.25) is 0 Å². The predicted octanol–water partition coefficient (Wildman–Crippen LogP) is 0.694. The highest BCUT2D eigenvalue weighted by Gasteiger charge is 2.15. The van der Waals surface area contributed by atoms with E-state index in [2.05, 4.69) is 11.8 Å². The van der Waals surface area contributed by atoms with Crippen molar-refractivity contribution >= 4 is 0 Å². The molecule has 3 heteroatoms. The van der Waals surface area contributed by atoms with Crippen LogP contribution >= 0.6 is 0 Å². The summed E-state index contributed by atoms with van der Waals surface area (Å²) in [7, 11) is 0. The van der Waals surface area contributed by atoms with Crippen molar-refractivity contribution in [3.63, 3.8) is 0 Å². The second-order valence-electron chi connectivity index (χ2n) is 3.95. The van der Waals surface area contributed by atoms with Gasteiger partial charge in [-0.25, -0.2) is 0 Å². The molecular formula is C10H22N2O. The van der Waals surface area contributed by atoms with Gasteiger partial charge in [0.1, 0.15) is 0 Å². The van der Waals surface area contributed by atoms with Crippen LogP contribution in [0.2, 0.25) is 0 Å². The van der Waals surface area contributed by atoms with Crippen molar-refractivity contribution in [2.75, 3.05) is 39.4 Å². The van der Waals surface area contributed by atoms with E-state index in [4.69, 9.17) is 10.5 Å². The third kappa shape index (κ3) is 4.60. The quantitative estimate of drug-likeness (QED) is 0.642. The Kier molecular flexibility index (Phi) is 5.35. The summed E-state index contributed by atoms with van der Waals surface area (Å²) in [5.41, 5.74) is 5.33. The lowest BCUT2D eigenvalue weighted by molar-refractivity contribution is 0.0913. The smallest absolute Gasteiger partial charge is 0.0594 e. The molecule has 0 aromatic carbocycles. The summed E-state index contributed by atoms with van der Waals surface area (Å²) in [5, 5.41) is 0. The number of nitrogens with zero attached hydrogens (tertiary/aromatic N) is 1. The number of likely N-dealkylation sites (tertiary alicyclic amines) is 1. The van der Waals surface area contributed by atoms with Gasteiger partial charge in [-0.1, -0.05) is 6.92 Å². The average molecular weight is 186 g/mol. The number of rotatable bonds is 5. The fourth-order valence-corrected chi connectivity index (χ4v) is 1.87. The third-order valence-corrected chi connectivity index (χ3v) is 2.56. The highest BCUT2D eigenvalue weighted by molar-refractivity contribution is 4.69. The maximum absolute atomic E-state index is 5.35. The summed E-state index contributed by atoms with van der Waals surface area (Å²) in [6.07, 6.45) is 2.73. The lowest BCUT2D eigenvalue weighted by Crippen LogP contribution is -2.36. The molecule has 0 aromatic rings. The van der Waals surface area contributed by atoms with E-state index >= 15 is 0 Å². The first-order chi connectivity index (χ1) is 6.33. The second-order valence-corrected chi connectivity index (χ2v) is 3.95. The van der Waals surface area contributed by atoms with E-state index in [-0.39, 0.29) is 0 Å². The van der Waals surface area contributed by atoms with Crippen molar-refractivity contribution in [1.29, 1.82) is 0 Å². The van der Waals surface area contributed by atoms with Crippen LogP contribution in [0, 0.1) is 5.92 Å². The molecule has 0 spiro atoms. The molecule has 1 fully saturated rings. The Labute approximate surface area is 81.2 Å². The van der Waals surface area contributed by atoms with Crippen LogP contribution in [-0.4, -0.2) is 44.3 Å². The van der Waals surface area contributed by atoms with Crippen LogP contribution in [0.1, 0.15) is 19.8 Å². The number of hydrogen-bond acceptors (Lipinski definition) is 3. The zero-order valence-corrected chi connectivity index (χ0v) is 8.67. The Bertz CT molecular complexity index is 130. The van der Waals surface area contributed by atoms with Crippen LogP contribution in [-0.2, 0) is 4.74 Å². The van der Waals surface area contributed by atoms with Gasteiger partial charge >= 0.3 is 0 Å². The number of ether oxygens (including phenoxy) is 1. The fourth-order valence-electron chi connectivity index (χ4n) is 1.87. The summed E-state index contributed by atoms with van der Waals surface area (Å²) in [6, 6.07) is 0. The number of hydrogen-bond donors (Lipinski definition) is 1. The average Bonchev–Trinajstić information content (AvgIpc) is 2.13. The largest absolute Gasteiger partial charge is 0.379 e. The van der Waals surface area contributed by atoms with Crippen molar-refractivity contribution in [2.45, 2.75) is 19.8 Å². The minimum atomic E-state index is 0.635. The standard InChI is InChI=1S/C10H22N2O/c1-10-3-2-5-12(9-10)6-8-13-7-4-11/h10H,2-9,11H2,1H3. The maximum Gasteiger partial charge on any atom is 0.0594 e. The first-order valence-corrected chi connectivity index (χ1v) is 5.33. The summed E-state index contributed by atoms with van der Waals surface area (Å²) in [4.78, 5) is 2.49.